The van der Waals surface area contributed by atoms with Crippen LogP contribution in [0.2, 0.25) is 5.02 Å². The van der Waals surface area contributed by atoms with Crippen molar-refractivity contribution >= 4 is 34.4 Å². The van der Waals surface area contributed by atoms with E-state index in [-0.39, 0.29) is 11.9 Å². The number of oxazole rings is 1. The van der Waals surface area contributed by atoms with Crippen LogP contribution in [0.1, 0.15) is 12.8 Å². The molecule has 6 rings (SSSR count). The summed E-state index contributed by atoms with van der Waals surface area (Å²) in [6, 6.07) is 13.1. The maximum atomic E-state index is 13.6. The van der Waals surface area contributed by atoms with Crippen molar-refractivity contribution in [3.63, 3.8) is 0 Å². The predicted molar refractivity (Wildman–Crippen MR) is 148 cm³/mol. The largest absolute Gasteiger partial charge is 0.491 e. The molecule has 2 atom stereocenters. The van der Waals surface area contributed by atoms with Gasteiger partial charge < -0.3 is 14.5 Å². The van der Waals surface area contributed by atoms with E-state index in [1.165, 1.54) is 12.1 Å². The van der Waals surface area contributed by atoms with Crippen LogP contribution in [0.5, 0.6) is 5.75 Å². The number of rotatable bonds is 7. The second-order valence-electron chi connectivity index (χ2n) is 9.12. The molecule has 0 amide bonds. The first-order valence-electron chi connectivity index (χ1n) is 12.4. The number of methoxy groups -OCH3 is 1. The van der Waals surface area contributed by atoms with Crippen molar-refractivity contribution in [2.75, 3.05) is 25.5 Å². The van der Waals surface area contributed by atoms with E-state index in [2.05, 4.69) is 15.3 Å². The third-order valence-corrected chi connectivity index (χ3v) is 8.49. The number of ether oxygens (including phenoxy) is 1. The number of benzene rings is 2. The number of thiol groups is 1. The molecule has 0 aliphatic carbocycles. The Labute approximate surface area is 231 Å². The summed E-state index contributed by atoms with van der Waals surface area (Å²) in [4.78, 5) is 14.4. The second-order valence-corrected chi connectivity index (χ2v) is 11.2. The number of nitrogens with one attached hydrogen (secondary N) is 1. The van der Waals surface area contributed by atoms with E-state index in [1.807, 2.05) is 4.31 Å². The molecule has 12 heteroatoms. The number of fused-ring (bicyclic) bond motifs is 1. The lowest BCUT2D eigenvalue weighted by atomic mass is 10.1. The Kier molecular flexibility index (Phi) is 7.03. The molecule has 4 heterocycles. The van der Waals surface area contributed by atoms with E-state index in [1.54, 1.807) is 66.6 Å². The number of anilines is 1. The summed E-state index contributed by atoms with van der Waals surface area (Å²) < 4.78 is 41.7. The molecule has 1 fully saturated rings. The van der Waals surface area contributed by atoms with Crippen molar-refractivity contribution in [3.8, 4) is 28.4 Å². The lowest BCUT2D eigenvalue weighted by Crippen LogP contribution is -2.43. The van der Waals surface area contributed by atoms with Gasteiger partial charge >= 0.3 is 5.84 Å². The first-order chi connectivity index (χ1) is 19.0. The number of piperidine rings is 1. The lowest BCUT2D eigenvalue weighted by Gasteiger charge is -2.28. The van der Waals surface area contributed by atoms with E-state index in [0.29, 0.717) is 57.6 Å². The average molecular weight is 568 g/mol. The Balaban J connectivity index is 1.26. The van der Waals surface area contributed by atoms with Crippen molar-refractivity contribution in [1.82, 2.24) is 23.7 Å². The van der Waals surface area contributed by atoms with Crippen LogP contribution in [-0.4, -0.2) is 49.9 Å². The normalized spacial score (nSPS) is 16.8. The fourth-order valence-electron chi connectivity index (χ4n) is 4.79. The van der Waals surface area contributed by atoms with Gasteiger partial charge in [0.2, 0.25) is 10.8 Å². The summed E-state index contributed by atoms with van der Waals surface area (Å²) in [5.74, 6) is 1.07. The van der Waals surface area contributed by atoms with Crippen molar-refractivity contribution in [3.05, 3.63) is 78.0 Å². The number of halogens is 2. The smallest absolute Gasteiger partial charge is 0.306 e. The van der Waals surface area contributed by atoms with Crippen molar-refractivity contribution in [2.45, 2.75) is 23.8 Å². The molecule has 9 nitrogen and oxygen atoms in total. The highest BCUT2D eigenvalue weighted by atomic mass is 35.5. The fraction of sp³-hybridized carbons (Fsp3) is 0.222. The highest BCUT2D eigenvalue weighted by Crippen LogP contribution is 2.33. The SMILES string of the molecule is COc1ccc(Cl)cc1[SH+](=O)N1CCC[C@@H](Nc2nccc(-c3c(-c4ccc(F)cc4)nc4occn34)n2)C1. The monoisotopic (exact) mass is 567 g/mol. The van der Waals surface area contributed by atoms with Gasteiger partial charge in [-0.1, -0.05) is 15.8 Å². The van der Waals surface area contributed by atoms with Crippen LogP contribution in [0.4, 0.5) is 10.3 Å². The molecule has 5 aromatic rings. The first kappa shape index (κ1) is 25.5. The van der Waals surface area contributed by atoms with Gasteiger partial charge in [0, 0.05) is 41.6 Å². The minimum absolute atomic E-state index is 0.0194. The van der Waals surface area contributed by atoms with Crippen LogP contribution in [0.25, 0.3) is 28.5 Å². The summed E-state index contributed by atoms with van der Waals surface area (Å²) in [6.07, 6.45) is 6.72. The maximum absolute atomic E-state index is 13.6. The second kappa shape index (κ2) is 10.8. The van der Waals surface area contributed by atoms with E-state index >= 15 is 0 Å². The molecule has 2 aromatic carbocycles. The molecular weight excluding hydrogens is 543 g/mol. The van der Waals surface area contributed by atoms with Gasteiger partial charge in [-0.3, -0.25) is 4.40 Å². The zero-order chi connectivity index (χ0) is 26.9. The van der Waals surface area contributed by atoms with E-state index < -0.39 is 11.0 Å². The fourth-order valence-corrected chi connectivity index (χ4v) is 6.61. The highest BCUT2D eigenvalue weighted by Gasteiger charge is 2.31. The molecule has 1 aliphatic heterocycles. The Morgan fingerprint density at radius 2 is 2.03 bits per heavy atom. The maximum Gasteiger partial charge on any atom is 0.306 e. The molecule has 200 valence electrons. The standard InChI is InChI=1S/C27H24ClFN6O3S/c1-37-22-9-6-18(28)15-23(22)39(36)34-12-2-3-20(16-34)31-26-30-11-10-21(32-26)25-24(17-4-7-19(29)8-5-17)33-27-35(25)13-14-38-27/h4-11,13-15,20H,2-3,12,16H2,1H3,(H,30,31,32)/p+1/t20-,39?/m1/s1. The van der Waals surface area contributed by atoms with Crippen LogP contribution in [0.15, 0.2) is 76.5 Å². The number of nitrogens with zero attached hydrogens (tertiary/aromatic N) is 5. The van der Waals surface area contributed by atoms with E-state index in [9.17, 15) is 8.60 Å². The minimum Gasteiger partial charge on any atom is -0.491 e. The van der Waals surface area contributed by atoms with Gasteiger partial charge in [0.1, 0.15) is 23.5 Å². The lowest BCUT2D eigenvalue weighted by molar-refractivity contribution is 0.336. The number of aromatic nitrogens is 4. The quantitative estimate of drug-likeness (QED) is 0.208. The van der Waals surface area contributed by atoms with Crippen molar-refractivity contribution in [2.24, 2.45) is 0 Å². The van der Waals surface area contributed by atoms with Crippen LogP contribution < -0.4 is 10.1 Å². The molecular formula is C27H25ClFN6O3S+. The van der Waals surface area contributed by atoms with Crippen molar-refractivity contribution < 1.29 is 17.8 Å². The van der Waals surface area contributed by atoms with Crippen LogP contribution >= 0.6 is 11.6 Å². The predicted octanol–water partition coefficient (Wildman–Crippen LogP) is 5.40. The van der Waals surface area contributed by atoms with Crippen LogP contribution in [0.3, 0.4) is 0 Å². The Bertz CT molecular complexity index is 1660. The van der Waals surface area contributed by atoms with Crippen LogP contribution in [0, 0.1) is 5.82 Å². The Hall–Kier alpha value is -3.80. The summed E-state index contributed by atoms with van der Waals surface area (Å²) in [7, 11) is -0.321. The molecule has 0 bridgehead atoms. The van der Waals surface area contributed by atoms with Gasteiger partial charge in [0.15, 0.2) is 16.7 Å². The van der Waals surface area contributed by atoms with Gasteiger partial charge in [-0.25, -0.2) is 14.4 Å². The molecule has 0 spiro atoms. The van der Waals surface area contributed by atoms with Gasteiger partial charge in [-0.15, -0.1) is 4.31 Å². The molecule has 3 aromatic heterocycles. The van der Waals surface area contributed by atoms with Gasteiger partial charge in [-0.05, 0) is 55.3 Å². The summed E-state index contributed by atoms with van der Waals surface area (Å²) in [6.45, 7) is 1.23. The van der Waals surface area contributed by atoms with E-state index in [4.69, 9.17) is 25.7 Å². The molecule has 1 aliphatic rings. The third-order valence-electron chi connectivity index (χ3n) is 6.62. The topological polar surface area (TPSA) is 97.8 Å². The summed E-state index contributed by atoms with van der Waals surface area (Å²) >= 11 is 6.18. The van der Waals surface area contributed by atoms with Crippen molar-refractivity contribution in [1.29, 1.82) is 0 Å². The molecule has 0 saturated carbocycles. The first-order valence-corrected chi connectivity index (χ1v) is 14.0. The molecule has 1 unspecified atom stereocenters. The molecule has 0 radical (unpaired) electrons. The molecule has 39 heavy (non-hydrogen) atoms. The molecule has 1 N–H and O–H groups in total. The zero-order valence-corrected chi connectivity index (χ0v) is 22.6. The summed E-state index contributed by atoms with van der Waals surface area (Å²) in [5.41, 5.74) is 2.69. The van der Waals surface area contributed by atoms with E-state index in [0.717, 1.165) is 18.4 Å². The van der Waals surface area contributed by atoms with Crippen LogP contribution in [-0.2, 0) is 15.2 Å². The third kappa shape index (κ3) is 5.12. The highest BCUT2D eigenvalue weighted by molar-refractivity contribution is 7.82. The number of imidazole rings is 1. The Morgan fingerprint density at radius 1 is 1.18 bits per heavy atom. The number of hydrogen-bond acceptors (Lipinski definition) is 7. The zero-order valence-electron chi connectivity index (χ0n) is 20.9. The Morgan fingerprint density at radius 3 is 2.85 bits per heavy atom. The average Bonchev–Trinajstić information content (AvgIpc) is 3.55. The van der Waals surface area contributed by atoms with Gasteiger partial charge in [0.25, 0.3) is 0 Å². The number of hydrogen-bond donors (Lipinski definition) is 1. The summed E-state index contributed by atoms with van der Waals surface area (Å²) in [5, 5.41) is 3.93. The molecule has 1 saturated heterocycles. The minimum atomic E-state index is -1.88. The van der Waals surface area contributed by atoms with Gasteiger partial charge in [0.05, 0.1) is 19.3 Å². The van der Waals surface area contributed by atoms with Gasteiger partial charge in [-0.2, -0.15) is 4.98 Å².